The normalized spacial score (nSPS) is 16.3. The Balaban J connectivity index is 1.94. The van der Waals surface area contributed by atoms with Crippen molar-refractivity contribution in [2.75, 3.05) is 5.75 Å². The predicted octanol–water partition coefficient (Wildman–Crippen LogP) is 6.26. The van der Waals surface area contributed by atoms with Gasteiger partial charge in [-0.1, -0.05) is 35.0 Å². The molecule has 2 aromatic rings. The largest absolute Gasteiger partial charge is 0.353 e. The zero-order valence-corrected chi connectivity index (χ0v) is 19.7. The molecule has 154 valence electrons. The lowest BCUT2D eigenvalue weighted by atomic mass is 9.84. The first kappa shape index (κ1) is 22.6. The van der Waals surface area contributed by atoms with E-state index in [0.717, 1.165) is 10.4 Å². The van der Waals surface area contributed by atoms with E-state index in [9.17, 15) is 14.9 Å². The number of rotatable bonds is 6. The Hall–Kier alpha value is -2.04. The van der Waals surface area contributed by atoms with E-state index >= 15 is 0 Å². The highest BCUT2D eigenvalue weighted by Crippen LogP contribution is 2.43. The maximum Gasteiger partial charge on any atom is 0.173 e. The van der Waals surface area contributed by atoms with Crippen LogP contribution in [0.4, 0.5) is 0 Å². The first-order chi connectivity index (χ1) is 14.2. The molecule has 1 N–H and O–H groups in total. The van der Waals surface area contributed by atoms with Crippen LogP contribution in [0.5, 0.6) is 0 Å². The number of thioether (sulfide) groups is 1. The Morgan fingerprint density at radius 2 is 1.97 bits per heavy atom. The number of hydrogen-bond donors (Lipinski definition) is 1. The summed E-state index contributed by atoms with van der Waals surface area (Å²) in [6, 6.07) is 9.00. The number of nitrogens with zero attached hydrogens (tertiary/aromatic N) is 1. The van der Waals surface area contributed by atoms with Crippen LogP contribution in [0.2, 0.25) is 10.0 Å². The van der Waals surface area contributed by atoms with Gasteiger partial charge in [-0.25, -0.2) is 0 Å². The Kier molecular flexibility index (Phi) is 7.10. The first-order valence-corrected chi connectivity index (χ1v) is 11.6. The van der Waals surface area contributed by atoms with Crippen LogP contribution in [-0.4, -0.2) is 17.3 Å². The summed E-state index contributed by atoms with van der Waals surface area (Å²) < 4.78 is 0. The predicted molar refractivity (Wildman–Crippen MR) is 124 cm³/mol. The number of benzene rings is 1. The summed E-state index contributed by atoms with van der Waals surface area (Å²) in [5, 5.41) is 16.4. The van der Waals surface area contributed by atoms with Crippen molar-refractivity contribution in [3.63, 3.8) is 0 Å². The molecule has 4 nitrogen and oxygen atoms in total. The molecule has 0 spiro atoms. The fourth-order valence-corrected chi connectivity index (χ4v) is 5.66. The molecular weight excluding hydrogens is 459 g/mol. The smallest absolute Gasteiger partial charge is 0.173 e. The highest BCUT2D eigenvalue weighted by molar-refractivity contribution is 8.03. The molecule has 8 heteroatoms. The van der Waals surface area contributed by atoms with Gasteiger partial charge < -0.3 is 5.32 Å². The molecule has 0 unspecified atom stereocenters. The quantitative estimate of drug-likeness (QED) is 0.497. The van der Waals surface area contributed by atoms with Crippen LogP contribution >= 0.6 is 46.3 Å². The van der Waals surface area contributed by atoms with Crippen molar-refractivity contribution >= 4 is 57.9 Å². The molecule has 0 aliphatic carbocycles. The molecule has 1 aliphatic rings. The Morgan fingerprint density at radius 3 is 2.53 bits per heavy atom. The van der Waals surface area contributed by atoms with E-state index in [-0.39, 0.29) is 17.3 Å². The molecule has 0 saturated heterocycles. The highest BCUT2D eigenvalue weighted by Gasteiger charge is 2.34. The van der Waals surface area contributed by atoms with Gasteiger partial charge in [0, 0.05) is 21.7 Å². The minimum Gasteiger partial charge on any atom is -0.353 e. The molecular formula is C22H18Cl2N2O2S2. The minimum absolute atomic E-state index is 0.0820. The summed E-state index contributed by atoms with van der Waals surface area (Å²) in [6.45, 7) is 5.30. The van der Waals surface area contributed by atoms with E-state index in [1.807, 2.05) is 25.3 Å². The van der Waals surface area contributed by atoms with Crippen molar-refractivity contribution in [1.82, 2.24) is 5.32 Å². The van der Waals surface area contributed by atoms with Crippen LogP contribution in [0.25, 0.3) is 0 Å². The summed E-state index contributed by atoms with van der Waals surface area (Å²) >= 11 is 14.7. The van der Waals surface area contributed by atoms with Gasteiger partial charge in [0.25, 0.3) is 0 Å². The second-order valence-electron chi connectivity index (χ2n) is 6.82. The first-order valence-electron chi connectivity index (χ1n) is 9.02. The zero-order valence-electron chi connectivity index (χ0n) is 16.5. The summed E-state index contributed by atoms with van der Waals surface area (Å²) in [4.78, 5) is 26.0. The molecule has 1 aromatic heterocycles. The Morgan fingerprint density at radius 1 is 1.23 bits per heavy atom. The topological polar surface area (TPSA) is 70.0 Å². The standard InChI is InChI=1S/C22H18Cl2N2O2S2/c1-11-6-7-29-21(11)20-15(9-25)22(26-12(2)19(20)13(3)27)30-10-18(28)14-4-5-16(23)17(24)8-14/h4-8,20,26H,10H2,1-3H3/t20-/m1/s1. The maximum atomic E-state index is 12.6. The van der Waals surface area contributed by atoms with Gasteiger partial charge in [0.15, 0.2) is 11.6 Å². The molecule has 0 bridgehead atoms. The third kappa shape index (κ3) is 4.50. The molecule has 0 amide bonds. The van der Waals surface area contributed by atoms with Gasteiger partial charge in [-0.3, -0.25) is 9.59 Å². The number of allylic oxidation sites excluding steroid dienone is 3. The molecule has 0 fully saturated rings. The fourth-order valence-electron chi connectivity index (χ4n) is 3.33. The number of nitrogens with one attached hydrogen (secondary N) is 1. The fraction of sp³-hybridized carbons (Fsp3) is 0.227. The third-order valence-electron chi connectivity index (χ3n) is 4.78. The van der Waals surface area contributed by atoms with Gasteiger partial charge in [0.1, 0.15) is 0 Å². The second-order valence-corrected chi connectivity index (χ2v) is 9.56. The summed E-state index contributed by atoms with van der Waals surface area (Å²) in [5.41, 5.74) is 3.21. The molecule has 1 atom stereocenters. The van der Waals surface area contributed by atoms with Crippen LogP contribution < -0.4 is 5.32 Å². The van der Waals surface area contributed by atoms with Crippen molar-refractivity contribution in [3.05, 3.63) is 77.6 Å². The molecule has 30 heavy (non-hydrogen) atoms. The molecule has 0 radical (unpaired) electrons. The SMILES string of the molecule is CC(=O)C1=C(C)NC(SCC(=O)c2ccc(Cl)c(Cl)c2)=C(C#N)[C@H]1c1sccc1C. The van der Waals surface area contributed by atoms with E-state index in [1.54, 1.807) is 12.1 Å². The maximum absolute atomic E-state index is 12.6. The van der Waals surface area contributed by atoms with Gasteiger partial charge in [0.2, 0.25) is 0 Å². The average Bonchev–Trinajstić information content (AvgIpc) is 3.12. The van der Waals surface area contributed by atoms with Crippen molar-refractivity contribution in [1.29, 1.82) is 5.26 Å². The number of halogens is 2. The third-order valence-corrected chi connectivity index (χ3v) is 7.62. The van der Waals surface area contributed by atoms with Gasteiger partial charge in [-0.2, -0.15) is 5.26 Å². The number of Topliss-reactive ketones (excluding diaryl/α,β-unsaturated/α-hetero) is 2. The minimum atomic E-state index is -0.434. The summed E-state index contributed by atoms with van der Waals surface area (Å²) in [6.07, 6.45) is 0. The van der Waals surface area contributed by atoms with Crippen molar-refractivity contribution in [3.8, 4) is 6.07 Å². The lowest BCUT2D eigenvalue weighted by molar-refractivity contribution is -0.113. The van der Waals surface area contributed by atoms with Gasteiger partial charge in [-0.15, -0.1) is 11.3 Å². The van der Waals surface area contributed by atoms with Crippen LogP contribution in [-0.2, 0) is 4.79 Å². The number of dihydropyridines is 1. The lowest BCUT2D eigenvalue weighted by Crippen LogP contribution is -2.27. The summed E-state index contributed by atoms with van der Waals surface area (Å²) in [7, 11) is 0. The monoisotopic (exact) mass is 476 g/mol. The van der Waals surface area contributed by atoms with Crippen LogP contribution in [0.3, 0.4) is 0 Å². The number of nitriles is 1. The number of carbonyl (C=O) groups is 2. The van der Waals surface area contributed by atoms with Gasteiger partial charge >= 0.3 is 0 Å². The van der Waals surface area contributed by atoms with Crippen molar-refractivity contribution in [2.24, 2.45) is 0 Å². The number of hydrogen-bond acceptors (Lipinski definition) is 6. The zero-order chi connectivity index (χ0) is 22.0. The molecule has 0 saturated carbocycles. The number of carbonyl (C=O) groups excluding carboxylic acids is 2. The number of ketones is 2. The summed E-state index contributed by atoms with van der Waals surface area (Å²) in [5.74, 6) is -0.532. The van der Waals surface area contributed by atoms with E-state index in [0.29, 0.717) is 37.5 Å². The Labute approximate surface area is 193 Å². The molecule has 1 aromatic carbocycles. The van der Waals surface area contributed by atoms with Crippen LogP contribution in [0.15, 0.2) is 51.5 Å². The molecule has 1 aliphatic heterocycles. The number of aryl methyl sites for hydroxylation is 1. The lowest BCUT2D eigenvalue weighted by Gasteiger charge is -2.29. The van der Waals surface area contributed by atoms with Crippen molar-refractivity contribution in [2.45, 2.75) is 26.7 Å². The van der Waals surface area contributed by atoms with Gasteiger partial charge in [-0.05, 0) is 56.0 Å². The average molecular weight is 477 g/mol. The van der Waals surface area contributed by atoms with E-state index in [2.05, 4.69) is 11.4 Å². The molecule has 3 rings (SSSR count). The van der Waals surface area contributed by atoms with Crippen LogP contribution in [0.1, 0.15) is 40.6 Å². The second kappa shape index (κ2) is 9.40. The van der Waals surface area contributed by atoms with E-state index in [4.69, 9.17) is 23.2 Å². The van der Waals surface area contributed by atoms with Crippen molar-refractivity contribution < 1.29 is 9.59 Å². The van der Waals surface area contributed by atoms with Crippen LogP contribution in [0, 0.1) is 18.3 Å². The Bertz CT molecular complexity index is 1140. The highest BCUT2D eigenvalue weighted by atomic mass is 35.5. The number of thiophene rings is 1. The van der Waals surface area contributed by atoms with Gasteiger partial charge in [0.05, 0.1) is 38.4 Å². The van der Waals surface area contributed by atoms with E-state index < -0.39 is 5.92 Å². The molecule has 2 heterocycles. The van der Waals surface area contributed by atoms with E-state index in [1.165, 1.54) is 36.1 Å².